The van der Waals surface area contributed by atoms with Crippen LogP contribution in [0, 0.1) is 0 Å². The fourth-order valence-electron chi connectivity index (χ4n) is 2.01. The molecule has 1 N–H and O–H groups in total. The van der Waals surface area contributed by atoms with Crippen LogP contribution in [0.2, 0.25) is 0 Å². The van der Waals surface area contributed by atoms with Gasteiger partial charge in [0, 0.05) is 29.6 Å². The number of benzene rings is 1. The Labute approximate surface area is 117 Å². The van der Waals surface area contributed by atoms with Crippen LogP contribution in [0.3, 0.4) is 0 Å². The lowest BCUT2D eigenvalue weighted by Gasteiger charge is -2.19. The zero-order chi connectivity index (χ0) is 13.7. The molecular weight excluding hydrogens is 260 g/mol. The molecule has 0 radical (unpaired) electrons. The highest BCUT2D eigenvalue weighted by Gasteiger charge is 2.17. The lowest BCUT2D eigenvalue weighted by atomic mass is 10.0. The summed E-state index contributed by atoms with van der Waals surface area (Å²) in [5.74, 6) is 1.69. The molecule has 0 saturated carbocycles. The van der Waals surface area contributed by atoms with Gasteiger partial charge in [0.25, 0.3) is 0 Å². The van der Waals surface area contributed by atoms with E-state index in [0.717, 1.165) is 28.5 Å². The Morgan fingerprint density at radius 1 is 1.32 bits per heavy atom. The second-order valence-electron chi connectivity index (χ2n) is 4.08. The number of rotatable bonds is 6. The number of nitrogens with one attached hydrogen (secondary N) is 1. The molecule has 4 nitrogen and oxygen atoms in total. The highest BCUT2D eigenvalue weighted by atomic mass is 32.1. The molecule has 0 aliphatic heterocycles. The first-order chi connectivity index (χ1) is 9.28. The van der Waals surface area contributed by atoms with Crippen molar-refractivity contribution in [2.75, 3.05) is 21.3 Å². The first kappa shape index (κ1) is 13.8. The molecule has 0 fully saturated rings. The van der Waals surface area contributed by atoms with Crippen molar-refractivity contribution in [1.82, 2.24) is 10.3 Å². The van der Waals surface area contributed by atoms with Crippen LogP contribution in [-0.4, -0.2) is 26.3 Å². The van der Waals surface area contributed by atoms with Gasteiger partial charge in [0.05, 0.1) is 19.2 Å². The Kier molecular flexibility index (Phi) is 4.76. The Bertz CT molecular complexity index is 514. The summed E-state index contributed by atoms with van der Waals surface area (Å²) < 4.78 is 10.7. The predicted molar refractivity (Wildman–Crippen MR) is 77.2 cm³/mol. The molecule has 19 heavy (non-hydrogen) atoms. The number of methoxy groups -OCH3 is 2. The number of thiazole rings is 1. The maximum atomic E-state index is 5.43. The van der Waals surface area contributed by atoms with Crippen LogP contribution in [0.5, 0.6) is 11.5 Å². The molecule has 2 rings (SSSR count). The fourth-order valence-corrected chi connectivity index (χ4v) is 2.67. The predicted octanol–water partition coefficient (Wildman–Crippen LogP) is 2.66. The molecule has 102 valence electrons. The van der Waals surface area contributed by atoms with Gasteiger partial charge >= 0.3 is 0 Å². The van der Waals surface area contributed by atoms with Gasteiger partial charge in [0.15, 0.2) is 0 Å². The van der Waals surface area contributed by atoms with Crippen molar-refractivity contribution in [3.05, 3.63) is 40.3 Å². The number of nitrogens with zero attached hydrogens (tertiary/aromatic N) is 1. The van der Waals surface area contributed by atoms with Gasteiger partial charge in [0.2, 0.25) is 0 Å². The Morgan fingerprint density at radius 3 is 2.74 bits per heavy atom. The summed E-state index contributed by atoms with van der Waals surface area (Å²) in [5.41, 5.74) is 1.08. The van der Waals surface area contributed by atoms with Crippen LogP contribution in [0.25, 0.3) is 0 Å². The third-order valence-electron chi connectivity index (χ3n) is 3.02. The summed E-state index contributed by atoms with van der Waals surface area (Å²) in [6.45, 7) is 0. The van der Waals surface area contributed by atoms with Crippen molar-refractivity contribution < 1.29 is 9.47 Å². The largest absolute Gasteiger partial charge is 0.497 e. The molecule has 2 aromatic rings. The molecule has 0 saturated heterocycles. The minimum atomic E-state index is 0.149. The van der Waals surface area contributed by atoms with Crippen molar-refractivity contribution >= 4 is 11.3 Å². The number of likely N-dealkylation sites (N-methyl/N-ethyl adjacent to an activating group) is 1. The standard InChI is InChI=1S/C14H18N2O2S/c1-15-12(9-14-16-6-7-19-14)11-8-10(17-2)4-5-13(11)18-3/h4-8,12,15H,9H2,1-3H3. The first-order valence-electron chi connectivity index (χ1n) is 6.06. The lowest BCUT2D eigenvalue weighted by Crippen LogP contribution is -2.19. The van der Waals surface area contributed by atoms with E-state index in [4.69, 9.17) is 9.47 Å². The van der Waals surface area contributed by atoms with E-state index in [1.807, 2.05) is 36.8 Å². The highest BCUT2D eigenvalue weighted by Crippen LogP contribution is 2.31. The molecule has 1 atom stereocenters. The lowest BCUT2D eigenvalue weighted by molar-refractivity contribution is 0.391. The summed E-state index contributed by atoms with van der Waals surface area (Å²) in [7, 11) is 5.29. The van der Waals surface area contributed by atoms with Crippen molar-refractivity contribution in [2.45, 2.75) is 12.5 Å². The summed E-state index contributed by atoms with van der Waals surface area (Å²) in [6, 6.07) is 5.99. The molecule has 1 aromatic heterocycles. The molecule has 0 spiro atoms. The van der Waals surface area contributed by atoms with Gasteiger partial charge < -0.3 is 14.8 Å². The molecule has 0 amide bonds. The number of hydrogen-bond donors (Lipinski definition) is 1. The molecule has 1 heterocycles. The van der Waals surface area contributed by atoms with E-state index in [-0.39, 0.29) is 6.04 Å². The molecule has 0 aliphatic rings. The maximum Gasteiger partial charge on any atom is 0.123 e. The van der Waals surface area contributed by atoms with Gasteiger partial charge in [-0.2, -0.15) is 0 Å². The van der Waals surface area contributed by atoms with Crippen molar-refractivity contribution in [1.29, 1.82) is 0 Å². The Morgan fingerprint density at radius 2 is 2.16 bits per heavy atom. The first-order valence-corrected chi connectivity index (χ1v) is 6.94. The summed E-state index contributed by atoms with van der Waals surface area (Å²) in [4.78, 5) is 4.33. The average Bonchev–Trinajstić information content (AvgIpc) is 2.97. The quantitative estimate of drug-likeness (QED) is 0.882. The zero-order valence-corrected chi connectivity index (χ0v) is 12.2. The molecule has 0 aliphatic carbocycles. The normalized spacial score (nSPS) is 12.2. The fraction of sp³-hybridized carbons (Fsp3) is 0.357. The third kappa shape index (κ3) is 3.24. The summed E-state index contributed by atoms with van der Waals surface area (Å²) in [6.07, 6.45) is 2.66. The van der Waals surface area contributed by atoms with E-state index in [9.17, 15) is 0 Å². The minimum absolute atomic E-state index is 0.149. The highest BCUT2D eigenvalue weighted by molar-refractivity contribution is 7.09. The Balaban J connectivity index is 2.30. The van der Waals surface area contributed by atoms with E-state index in [1.165, 1.54) is 0 Å². The van der Waals surface area contributed by atoms with Crippen LogP contribution < -0.4 is 14.8 Å². The second-order valence-corrected chi connectivity index (χ2v) is 5.06. The summed E-state index contributed by atoms with van der Waals surface area (Å²) in [5, 5.41) is 6.41. The molecule has 5 heteroatoms. The van der Waals surface area contributed by atoms with E-state index in [2.05, 4.69) is 10.3 Å². The van der Waals surface area contributed by atoms with Gasteiger partial charge in [-0.1, -0.05) is 0 Å². The second kappa shape index (κ2) is 6.54. The molecule has 1 unspecified atom stereocenters. The monoisotopic (exact) mass is 278 g/mol. The average molecular weight is 278 g/mol. The minimum Gasteiger partial charge on any atom is -0.497 e. The van der Waals surface area contributed by atoms with E-state index < -0.39 is 0 Å². The van der Waals surface area contributed by atoms with Gasteiger partial charge in [-0.3, -0.25) is 0 Å². The SMILES string of the molecule is CNC(Cc1nccs1)c1cc(OC)ccc1OC. The van der Waals surface area contributed by atoms with Crippen molar-refractivity contribution in [3.63, 3.8) is 0 Å². The van der Waals surface area contributed by atoms with Crippen LogP contribution in [-0.2, 0) is 6.42 Å². The van der Waals surface area contributed by atoms with E-state index in [0.29, 0.717) is 0 Å². The van der Waals surface area contributed by atoms with Crippen molar-refractivity contribution in [2.24, 2.45) is 0 Å². The van der Waals surface area contributed by atoms with Gasteiger partial charge in [0.1, 0.15) is 11.5 Å². The molecule has 0 bridgehead atoms. The molecular formula is C14H18N2O2S. The topological polar surface area (TPSA) is 43.4 Å². The smallest absolute Gasteiger partial charge is 0.123 e. The van der Waals surface area contributed by atoms with Crippen LogP contribution in [0.15, 0.2) is 29.8 Å². The number of ether oxygens (including phenoxy) is 2. The number of aromatic nitrogens is 1. The van der Waals surface area contributed by atoms with Crippen LogP contribution in [0.1, 0.15) is 16.6 Å². The van der Waals surface area contributed by atoms with Crippen molar-refractivity contribution in [3.8, 4) is 11.5 Å². The zero-order valence-electron chi connectivity index (χ0n) is 11.3. The van der Waals surface area contributed by atoms with E-state index >= 15 is 0 Å². The maximum absolute atomic E-state index is 5.43. The number of hydrogen-bond acceptors (Lipinski definition) is 5. The third-order valence-corrected chi connectivity index (χ3v) is 3.82. The van der Waals surface area contributed by atoms with Gasteiger partial charge in [-0.25, -0.2) is 4.98 Å². The van der Waals surface area contributed by atoms with Gasteiger partial charge in [-0.15, -0.1) is 11.3 Å². The van der Waals surface area contributed by atoms with Crippen LogP contribution in [0.4, 0.5) is 0 Å². The summed E-state index contributed by atoms with van der Waals surface area (Å²) >= 11 is 1.66. The van der Waals surface area contributed by atoms with Crippen LogP contribution >= 0.6 is 11.3 Å². The van der Waals surface area contributed by atoms with E-state index in [1.54, 1.807) is 25.6 Å². The Hall–Kier alpha value is -1.59. The van der Waals surface area contributed by atoms with Gasteiger partial charge in [-0.05, 0) is 25.2 Å². The molecule has 1 aromatic carbocycles.